The summed E-state index contributed by atoms with van der Waals surface area (Å²) in [6, 6.07) is 7.78. The van der Waals surface area contributed by atoms with Crippen LogP contribution in [0.3, 0.4) is 0 Å². The number of pyridine rings is 1. The van der Waals surface area contributed by atoms with E-state index >= 15 is 0 Å². The van der Waals surface area contributed by atoms with Crippen molar-refractivity contribution in [2.24, 2.45) is 0 Å². The number of nitro groups is 1. The minimum atomic E-state index is -0.715. The lowest BCUT2D eigenvalue weighted by Gasteiger charge is -2.07. The molecule has 0 N–H and O–H groups in total. The van der Waals surface area contributed by atoms with Crippen LogP contribution in [0, 0.1) is 21.4 Å². The summed E-state index contributed by atoms with van der Waals surface area (Å²) in [5.41, 5.74) is -0.628. The molecule has 0 fully saturated rings. The molecule has 6 nitrogen and oxygen atoms in total. The van der Waals surface area contributed by atoms with Gasteiger partial charge in [-0.1, -0.05) is 27.5 Å². The second-order valence-corrected chi connectivity index (χ2v) is 4.88. The van der Waals surface area contributed by atoms with E-state index in [1.165, 1.54) is 12.3 Å². The van der Waals surface area contributed by atoms with Gasteiger partial charge in [0.15, 0.2) is 0 Å². The van der Waals surface area contributed by atoms with Crippen molar-refractivity contribution in [3.63, 3.8) is 0 Å². The summed E-state index contributed by atoms with van der Waals surface area (Å²) in [5.74, 6) is -0.0826. The van der Waals surface area contributed by atoms with E-state index in [0.29, 0.717) is 4.47 Å². The molecule has 20 heavy (non-hydrogen) atoms. The van der Waals surface area contributed by atoms with Gasteiger partial charge in [-0.15, -0.1) is 0 Å². The summed E-state index contributed by atoms with van der Waals surface area (Å²) in [7, 11) is 0. The fourth-order valence-corrected chi connectivity index (χ4v) is 1.93. The first-order chi connectivity index (χ1) is 9.52. The van der Waals surface area contributed by atoms with Crippen LogP contribution in [0.4, 0.5) is 5.69 Å². The Morgan fingerprint density at radius 1 is 1.45 bits per heavy atom. The molecule has 0 spiro atoms. The monoisotopic (exact) mass is 353 g/mol. The van der Waals surface area contributed by atoms with Crippen molar-refractivity contribution in [1.82, 2.24) is 4.98 Å². The molecule has 8 heteroatoms. The maximum atomic E-state index is 11.0. The van der Waals surface area contributed by atoms with Crippen LogP contribution in [0.15, 0.2) is 34.9 Å². The summed E-state index contributed by atoms with van der Waals surface area (Å²) < 4.78 is 6.05. The van der Waals surface area contributed by atoms with E-state index in [1.807, 2.05) is 0 Å². The average Bonchev–Trinajstić information content (AvgIpc) is 2.42. The lowest BCUT2D eigenvalue weighted by molar-refractivity contribution is -0.386. The van der Waals surface area contributed by atoms with Gasteiger partial charge in [-0.2, -0.15) is 5.26 Å². The molecule has 1 heterocycles. The molecule has 2 aromatic rings. The van der Waals surface area contributed by atoms with E-state index < -0.39 is 10.6 Å². The van der Waals surface area contributed by atoms with Crippen LogP contribution in [0.5, 0.6) is 11.6 Å². The molecular weight excluding hydrogens is 350 g/mol. The first kappa shape index (κ1) is 14.2. The van der Waals surface area contributed by atoms with Gasteiger partial charge in [-0.3, -0.25) is 10.1 Å². The maximum absolute atomic E-state index is 11.0. The molecule has 0 saturated heterocycles. The molecule has 100 valence electrons. The molecule has 1 aromatic heterocycles. The van der Waals surface area contributed by atoms with E-state index in [1.54, 1.807) is 24.3 Å². The highest BCUT2D eigenvalue weighted by molar-refractivity contribution is 9.10. The van der Waals surface area contributed by atoms with Crippen LogP contribution < -0.4 is 4.74 Å². The Morgan fingerprint density at radius 3 is 2.85 bits per heavy atom. The summed E-state index contributed by atoms with van der Waals surface area (Å²) in [4.78, 5) is 14.1. The third-order valence-electron chi connectivity index (χ3n) is 2.29. The van der Waals surface area contributed by atoms with Crippen LogP contribution in [0.2, 0.25) is 5.02 Å². The predicted molar refractivity (Wildman–Crippen MR) is 74.8 cm³/mol. The highest BCUT2D eigenvalue weighted by Crippen LogP contribution is 2.36. The third kappa shape index (κ3) is 2.87. The Labute approximate surface area is 126 Å². The molecule has 0 radical (unpaired) electrons. The number of rotatable bonds is 3. The van der Waals surface area contributed by atoms with Crippen LogP contribution >= 0.6 is 27.5 Å². The van der Waals surface area contributed by atoms with Crippen molar-refractivity contribution < 1.29 is 9.66 Å². The number of nitrogens with zero attached hydrogens (tertiary/aromatic N) is 3. The Morgan fingerprint density at radius 2 is 2.20 bits per heavy atom. The van der Waals surface area contributed by atoms with Crippen LogP contribution in [0.25, 0.3) is 0 Å². The SMILES string of the molecule is N#Cc1ccnc(Oc2cc(Br)ccc2Cl)c1[N+](=O)[O-]. The summed E-state index contributed by atoms with van der Waals surface area (Å²) >= 11 is 9.18. The van der Waals surface area contributed by atoms with Crippen molar-refractivity contribution in [3.8, 4) is 17.7 Å². The minimum Gasteiger partial charge on any atom is -0.432 e. The van der Waals surface area contributed by atoms with Gasteiger partial charge in [0.25, 0.3) is 0 Å². The van der Waals surface area contributed by atoms with Gasteiger partial charge >= 0.3 is 11.6 Å². The largest absolute Gasteiger partial charge is 0.432 e. The molecule has 0 saturated carbocycles. The van der Waals surface area contributed by atoms with Crippen LogP contribution in [-0.2, 0) is 0 Å². The molecule has 0 aliphatic carbocycles. The quantitative estimate of drug-likeness (QED) is 0.612. The van der Waals surface area contributed by atoms with E-state index in [9.17, 15) is 10.1 Å². The first-order valence-electron chi connectivity index (χ1n) is 5.19. The van der Waals surface area contributed by atoms with Gasteiger partial charge in [0.05, 0.1) is 9.95 Å². The fourth-order valence-electron chi connectivity index (χ4n) is 1.44. The number of halogens is 2. The highest BCUT2D eigenvalue weighted by Gasteiger charge is 2.23. The molecule has 0 aliphatic rings. The molecule has 0 aliphatic heterocycles. The number of ether oxygens (including phenoxy) is 1. The Kier molecular flexibility index (Phi) is 4.17. The number of hydrogen-bond donors (Lipinski definition) is 0. The second kappa shape index (κ2) is 5.86. The van der Waals surface area contributed by atoms with Crippen molar-refractivity contribution >= 4 is 33.2 Å². The van der Waals surface area contributed by atoms with Gasteiger partial charge in [-0.05, 0) is 24.3 Å². The van der Waals surface area contributed by atoms with Crippen molar-refractivity contribution in [3.05, 3.63) is 55.6 Å². The van der Waals surface area contributed by atoms with Crippen LogP contribution in [-0.4, -0.2) is 9.91 Å². The van der Waals surface area contributed by atoms with Crippen molar-refractivity contribution in [2.45, 2.75) is 0 Å². The number of benzene rings is 1. The second-order valence-electron chi connectivity index (χ2n) is 3.56. The first-order valence-corrected chi connectivity index (χ1v) is 6.36. The van der Waals surface area contributed by atoms with Crippen molar-refractivity contribution in [2.75, 3.05) is 0 Å². The summed E-state index contributed by atoms with van der Waals surface area (Å²) in [6.45, 7) is 0. The van der Waals surface area contributed by atoms with Crippen LogP contribution in [0.1, 0.15) is 5.56 Å². The molecule has 2 rings (SSSR count). The molecular formula is C12H5BrClN3O3. The lowest BCUT2D eigenvalue weighted by atomic mass is 10.2. The topological polar surface area (TPSA) is 89.0 Å². The molecule has 0 amide bonds. The number of hydrogen-bond acceptors (Lipinski definition) is 5. The predicted octanol–water partition coefficient (Wildman–Crippen LogP) is 4.07. The normalized spacial score (nSPS) is 9.85. The third-order valence-corrected chi connectivity index (χ3v) is 3.10. The average molecular weight is 355 g/mol. The lowest BCUT2D eigenvalue weighted by Crippen LogP contribution is -1.99. The van der Waals surface area contributed by atoms with E-state index in [4.69, 9.17) is 21.6 Å². The zero-order valence-corrected chi connectivity index (χ0v) is 12.1. The van der Waals surface area contributed by atoms with Gasteiger partial charge < -0.3 is 4.74 Å². The Bertz CT molecular complexity index is 730. The zero-order chi connectivity index (χ0) is 14.7. The summed E-state index contributed by atoms with van der Waals surface area (Å²) in [5, 5.41) is 20.2. The Balaban J connectivity index is 2.52. The van der Waals surface area contributed by atoms with E-state index in [0.717, 1.165) is 0 Å². The number of nitriles is 1. The van der Waals surface area contributed by atoms with E-state index in [2.05, 4.69) is 20.9 Å². The smallest absolute Gasteiger partial charge is 0.348 e. The molecule has 1 aromatic carbocycles. The number of aromatic nitrogens is 1. The standard InChI is InChI=1S/C12H5BrClN3O3/c13-8-1-2-9(14)10(5-8)20-12-11(17(18)19)7(6-15)3-4-16-12/h1-5H. The maximum Gasteiger partial charge on any atom is 0.348 e. The molecule has 0 bridgehead atoms. The van der Waals surface area contributed by atoms with Gasteiger partial charge in [0, 0.05) is 10.7 Å². The van der Waals surface area contributed by atoms with Gasteiger partial charge in [0.2, 0.25) is 0 Å². The molecule has 0 unspecified atom stereocenters. The molecule has 0 atom stereocenters. The zero-order valence-electron chi connectivity index (χ0n) is 9.71. The van der Waals surface area contributed by atoms with E-state index in [-0.39, 0.29) is 22.2 Å². The van der Waals surface area contributed by atoms with Gasteiger partial charge in [-0.25, -0.2) is 4.98 Å². The fraction of sp³-hybridized carbons (Fsp3) is 0. The summed E-state index contributed by atoms with van der Waals surface area (Å²) in [6.07, 6.45) is 1.26. The van der Waals surface area contributed by atoms with Crippen molar-refractivity contribution in [1.29, 1.82) is 5.26 Å². The Hall–Kier alpha value is -2.17. The highest BCUT2D eigenvalue weighted by atomic mass is 79.9. The minimum absolute atomic E-state index is 0.133. The van der Waals surface area contributed by atoms with Gasteiger partial charge in [0.1, 0.15) is 17.4 Å².